The molecule has 0 unspecified atom stereocenters. The van der Waals surface area contributed by atoms with Crippen molar-refractivity contribution in [2.75, 3.05) is 12.4 Å². The van der Waals surface area contributed by atoms with Gasteiger partial charge in [-0.25, -0.2) is 0 Å². The molecule has 4 nitrogen and oxygen atoms in total. The van der Waals surface area contributed by atoms with Crippen LogP contribution in [0.25, 0.3) is 0 Å². The third-order valence-corrected chi connectivity index (χ3v) is 3.58. The Kier molecular flexibility index (Phi) is 5.29. The van der Waals surface area contributed by atoms with Gasteiger partial charge >= 0.3 is 0 Å². The second-order valence-corrected chi connectivity index (χ2v) is 5.57. The summed E-state index contributed by atoms with van der Waals surface area (Å²) in [4.78, 5) is 12.4. The number of amides is 1. The van der Waals surface area contributed by atoms with Gasteiger partial charge in [-0.1, -0.05) is 35.3 Å². The maximum Gasteiger partial charge on any atom is 0.259 e. The third kappa shape index (κ3) is 3.71. The molecule has 0 heterocycles. The van der Waals surface area contributed by atoms with Crippen LogP contribution in [0.1, 0.15) is 28.9 Å². The number of carbonyl (C=O) groups is 1. The minimum atomic E-state index is -0.619. The Morgan fingerprint density at radius 1 is 1.27 bits per heavy atom. The number of methoxy groups -OCH3 is 1. The zero-order valence-electron chi connectivity index (χ0n) is 12.1. The van der Waals surface area contributed by atoms with Gasteiger partial charge in [-0.2, -0.15) is 0 Å². The number of anilines is 1. The number of ether oxygens (including phenoxy) is 1. The predicted octanol–water partition coefficient (Wildman–Crippen LogP) is 4.31. The summed E-state index contributed by atoms with van der Waals surface area (Å²) in [6, 6.07) is 9.94. The van der Waals surface area contributed by atoms with E-state index in [1.54, 1.807) is 31.2 Å². The maximum absolute atomic E-state index is 12.4. The molecule has 0 spiro atoms. The highest BCUT2D eigenvalue weighted by molar-refractivity contribution is 6.36. The van der Waals surface area contributed by atoms with Crippen molar-refractivity contribution < 1.29 is 14.6 Å². The molecule has 0 radical (unpaired) electrons. The van der Waals surface area contributed by atoms with Gasteiger partial charge < -0.3 is 15.2 Å². The number of benzene rings is 2. The molecule has 2 aromatic carbocycles. The molecule has 1 atom stereocenters. The fourth-order valence-corrected chi connectivity index (χ4v) is 2.58. The van der Waals surface area contributed by atoms with E-state index in [0.717, 1.165) is 0 Å². The van der Waals surface area contributed by atoms with E-state index in [1.807, 2.05) is 0 Å². The van der Waals surface area contributed by atoms with E-state index in [0.29, 0.717) is 16.3 Å². The number of hydrogen-bond donors (Lipinski definition) is 2. The van der Waals surface area contributed by atoms with Gasteiger partial charge in [0.05, 0.1) is 23.8 Å². The van der Waals surface area contributed by atoms with Crippen LogP contribution in [0.2, 0.25) is 10.0 Å². The van der Waals surface area contributed by atoms with E-state index in [2.05, 4.69) is 5.32 Å². The lowest BCUT2D eigenvalue weighted by Gasteiger charge is -2.12. The van der Waals surface area contributed by atoms with E-state index in [1.165, 1.54) is 19.2 Å². The summed E-state index contributed by atoms with van der Waals surface area (Å²) in [5, 5.41) is 12.9. The van der Waals surface area contributed by atoms with Gasteiger partial charge in [0.15, 0.2) is 0 Å². The molecule has 0 fully saturated rings. The highest BCUT2D eigenvalue weighted by Gasteiger charge is 2.17. The molecule has 2 N–H and O–H groups in total. The summed E-state index contributed by atoms with van der Waals surface area (Å²) >= 11 is 12.0. The van der Waals surface area contributed by atoms with Crippen LogP contribution < -0.4 is 10.1 Å². The standard InChI is InChI=1S/C16H15Cl2NO3/c1-9(20)10-4-3-5-12(6-10)19-16(21)13-7-11(17)8-14(18)15(13)22-2/h3-9,20H,1-2H3,(H,19,21)/t9-/m1/s1. The minimum Gasteiger partial charge on any atom is -0.494 e. The van der Waals surface area contributed by atoms with Crippen molar-refractivity contribution in [1.29, 1.82) is 0 Å². The average Bonchev–Trinajstić information content (AvgIpc) is 2.46. The van der Waals surface area contributed by atoms with Gasteiger partial charge in [-0.15, -0.1) is 0 Å². The first kappa shape index (κ1) is 16.6. The number of hydrogen-bond acceptors (Lipinski definition) is 3. The molecule has 6 heteroatoms. The molecule has 0 saturated carbocycles. The molecule has 0 saturated heterocycles. The van der Waals surface area contributed by atoms with Gasteiger partial charge in [0.25, 0.3) is 5.91 Å². The molecule has 0 aliphatic carbocycles. The van der Waals surface area contributed by atoms with Crippen LogP contribution in [0.3, 0.4) is 0 Å². The number of aliphatic hydroxyl groups excluding tert-OH is 1. The Balaban J connectivity index is 2.32. The summed E-state index contributed by atoms with van der Waals surface area (Å²) < 4.78 is 5.16. The first-order chi connectivity index (χ1) is 10.4. The summed E-state index contributed by atoms with van der Waals surface area (Å²) in [6.45, 7) is 1.65. The second-order valence-electron chi connectivity index (χ2n) is 4.72. The Hall–Kier alpha value is -1.75. The Labute approximate surface area is 138 Å². The summed E-state index contributed by atoms with van der Waals surface area (Å²) in [7, 11) is 1.43. The Bertz CT molecular complexity index is 702. The Morgan fingerprint density at radius 2 is 2.00 bits per heavy atom. The van der Waals surface area contributed by atoms with Crippen LogP contribution >= 0.6 is 23.2 Å². The molecular weight excluding hydrogens is 325 g/mol. The van der Waals surface area contributed by atoms with Crippen LogP contribution in [0.4, 0.5) is 5.69 Å². The van der Waals surface area contributed by atoms with E-state index in [4.69, 9.17) is 27.9 Å². The third-order valence-electron chi connectivity index (χ3n) is 3.08. The normalized spacial score (nSPS) is 11.9. The fraction of sp³-hybridized carbons (Fsp3) is 0.188. The first-order valence-corrected chi connectivity index (χ1v) is 7.30. The number of carbonyl (C=O) groups excluding carboxylic acids is 1. The molecule has 0 aromatic heterocycles. The van der Waals surface area contributed by atoms with Crippen LogP contribution in [0.5, 0.6) is 5.75 Å². The quantitative estimate of drug-likeness (QED) is 0.872. The second kappa shape index (κ2) is 7.01. The van der Waals surface area contributed by atoms with Crippen LogP contribution in [-0.4, -0.2) is 18.1 Å². The number of nitrogens with one attached hydrogen (secondary N) is 1. The van der Waals surface area contributed by atoms with E-state index in [9.17, 15) is 9.90 Å². The van der Waals surface area contributed by atoms with Crippen molar-refractivity contribution in [3.63, 3.8) is 0 Å². The Morgan fingerprint density at radius 3 is 2.64 bits per heavy atom. The van der Waals surface area contributed by atoms with E-state index >= 15 is 0 Å². The van der Waals surface area contributed by atoms with Crippen molar-refractivity contribution in [3.8, 4) is 5.75 Å². The van der Waals surface area contributed by atoms with Crippen LogP contribution in [0.15, 0.2) is 36.4 Å². The van der Waals surface area contributed by atoms with Crippen LogP contribution in [0, 0.1) is 0 Å². The minimum absolute atomic E-state index is 0.238. The van der Waals surface area contributed by atoms with Gasteiger partial charge in [-0.05, 0) is 36.8 Å². The van der Waals surface area contributed by atoms with Crippen molar-refractivity contribution in [2.24, 2.45) is 0 Å². The maximum atomic E-state index is 12.4. The van der Waals surface area contributed by atoms with Gasteiger partial charge in [-0.3, -0.25) is 4.79 Å². The van der Waals surface area contributed by atoms with E-state index < -0.39 is 12.0 Å². The van der Waals surface area contributed by atoms with Crippen molar-refractivity contribution in [3.05, 3.63) is 57.6 Å². The number of halogens is 2. The first-order valence-electron chi connectivity index (χ1n) is 6.54. The van der Waals surface area contributed by atoms with Crippen molar-refractivity contribution in [2.45, 2.75) is 13.0 Å². The SMILES string of the molecule is COc1c(Cl)cc(Cl)cc1C(=O)Nc1cccc([C@@H](C)O)c1. The lowest BCUT2D eigenvalue weighted by molar-refractivity contribution is 0.102. The largest absolute Gasteiger partial charge is 0.494 e. The van der Waals surface area contributed by atoms with Gasteiger partial charge in [0.2, 0.25) is 0 Å². The smallest absolute Gasteiger partial charge is 0.259 e. The van der Waals surface area contributed by atoms with Crippen LogP contribution in [-0.2, 0) is 0 Å². The monoisotopic (exact) mass is 339 g/mol. The number of aliphatic hydroxyl groups is 1. The zero-order valence-corrected chi connectivity index (χ0v) is 13.6. The molecule has 22 heavy (non-hydrogen) atoms. The molecular formula is C16H15Cl2NO3. The molecule has 2 rings (SSSR count). The van der Waals surface area contributed by atoms with Crippen molar-refractivity contribution >= 4 is 34.8 Å². The molecule has 0 aliphatic heterocycles. The molecule has 116 valence electrons. The van der Waals surface area contributed by atoms with Crippen molar-refractivity contribution in [1.82, 2.24) is 0 Å². The molecule has 2 aromatic rings. The summed E-state index contributed by atoms with van der Waals surface area (Å²) in [6.07, 6.45) is -0.619. The molecule has 0 bridgehead atoms. The zero-order chi connectivity index (χ0) is 16.3. The molecule has 1 amide bonds. The average molecular weight is 340 g/mol. The highest BCUT2D eigenvalue weighted by Crippen LogP contribution is 2.32. The number of rotatable bonds is 4. The van der Waals surface area contributed by atoms with Gasteiger partial charge in [0.1, 0.15) is 5.75 Å². The van der Waals surface area contributed by atoms with Gasteiger partial charge in [0, 0.05) is 10.7 Å². The van der Waals surface area contributed by atoms with E-state index in [-0.39, 0.29) is 16.3 Å². The molecule has 0 aliphatic rings. The fourth-order valence-electron chi connectivity index (χ4n) is 2.01. The summed E-state index contributed by atoms with van der Waals surface area (Å²) in [5.41, 5.74) is 1.50. The summed E-state index contributed by atoms with van der Waals surface area (Å²) in [5.74, 6) is -0.140. The lowest BCUT2D eigenvalue weighted by Crippen LogP contribution is -2.13. The highest BCUT2D eigenvalue weighted by atomic mass is 35.5. The lowest BCUT2D eigenvalue weighted by atomic mass is 10.1. The topological polar surface area (TPSA) is 58.6 Å². The predicted molar refractivity (Wildman–Crippen MR) is 88.0 cm³/mol.